The summed E-state index contributed by atoms with van der Waals surface area (Å²) in [5.41, 5.74) is 6.49. The van der Waals surface area contributed by atoms with Gasteiger partial charge in [-0.2, -0.15) is 0 Å². The molecule has 0 heterocycles. The smallest absolute Gasteiger partial charge is 0.318 e. The Hall–Kier alpha value is -2.57. The average Bonchev–Trinajstić information content (AvgIpc) is 2.42. The number of benzene rings is 1. The summed E-state index contributed by atoms with van der Waals surface area (Å²) in [6, 6.07) is 6.48. The van der Waals surface area contributed by atoms with Crippen molar-refractivity contribution in [1.82, 2.24) is 10.2 Å². The fourth-order valence-electron chi connectivity index (χ4n) is 1.84. The standard InChI is InChI=1S/C14H20N4O3/c1-3-18(10(2)19)9-11-6-4-5-7-12(11)16-8-13(20)17-14(15)21/h4-7,16H,3,8-9H2,1-2H3,(H3,15,17,20,21). The van der Waals surface area contributed by atoms with E-state index in [0.717, 1.165) is 11.3 Å². The lowest BCUT2D eigenvalue weighted by atomic mass is 10.1. The monoisotopic (exact) mass is 292 g/mol. The van der Waals surface area contributed by atoms with Gasteiger partial charge in [0, 0.05) is 25.7 Å². The first-order valence-corrected chi connectivity index (χ1v) is 6.60. The second kappa shape index (κ2) is 7.88. The lowest BCUT2D eigenvalue weighted by Gasteiger charge is -2.21. The van der Waals surface area contributed by atoms with Gasteiger partial charge in [0.1, 0.15) is 0 Å². The Balaban J connectivity index is 2.73. The van der Waals surface area contributed by atoms with Crippen LogP contribution in [0, 0.1) is 0 Å². The summed E-state index contributed by atoms with van der Waals surface area (Å²) in [5, 5.41) is 4.90. The maximum Gasteiger partial charge on any atom is 0.318 e. The van der Waals surface area contributed by atoms with Gasteiger partial charge in [-0.05, 0) is 18.6 Å². The van der Waals surface area contributed by atoms with Crippen molar-refractivity contribution in [1.29, 1.82) is 0 Å². The highest BCUT2D eigenvalue weighted by molar-refractivity contribution is 5.95. The van der Waals surface area contributed by atoms with E-state index < -0.39 is 11.9 Å². The first-order chi connectivity index (χ1) is 9.93. The number of imide groups is 1. The summed E-state index contributed by atoms with van der Waals surface area (Å²) >= 11 is 0. The maximum absolute atomic E-state index is 11.5. The van der Waals surface area contributed by atoms with Gasteiger partial charge in [0.25, 0.3) is 0 Å². The predicted molar refractivity (Wildman–Crippen MR) is 79.4 cm³/mol. The molecule has 7 heteroatoms. The van der Waals surface area contributed by atoms with Gasteiger partial charge in [0.2, 0.25) is 11.8 Å². The molecular weight excluding hydrogens is 272 g/mol. The van der Waals surface area contributed by atoms with E-state index in [1.807, 2.05) is 30.4 Å². The van der Waals surface area contributed by atoms with Crippen LogP contribution in [0.1, 0.15) is 19.4 Å². The zero-order valence-corrected chi connectivity index (χ0v) is 12.2. The van der Waals surface area contributed by atoms with E-state index >= 15 is 0 Å². The number of rotatable bonds is 6. The first kappa shape index (κ1) is 16.5. The highest BCUT2D eigenvalue weighted by Crippen LogP contribution is 2.17. The molecule has 0 aliphatic carbocycles. The zero-order chi connectivity index (χ0) is 15.8. The van der Waals surface area contributed by atoms with Crippen LogP contribution in [0.2, 0.25) is 0 Å². The summed E-state index contributed by atoms with van der Waals surface area (Å²) in [4.78, 5) is 35.1. The van der Waals surface area contributed by atoms with Gasteiger partial charge < -0.3 is 16.0 Å². The lowest BCUT2D eigenvalue weighted by molar-refractivity contribution is -0.129. The number of hydrogen-bond acceptors (Lipinski definition) is 4. The third-order valence-electron chi connectivity index (χ3n) is 2.91. The molecule has 0 unspecified atom stereocenters. The molecule has 0 aromatic heterocycles. The van der Waals surface area contributed by atoms with Crippen molar-refractivity contribution in [2.45, 2.75) is 20.4 Å². The van der Waals surface area contributed by atoms with Crippen LogP contribution in [0.15, 0.2) is 24.3 Å². The number of hydrogen-bond donors (Lipinski definition) is 3. The number of carbonyl (C=O) groups excluding carboxylic acids is 3. The molecule has 0 aliphatic rings. The molecule has 1 rings (SSSR count). The largest absolute Gasteiger partial charge is 0.376 e. The van der Waals surface area contributed by atoms with Crippen molar-refractivity contribution < 1.29 is 14.4 Å². The molecule has 114 valence electrons. The predicted octanol–water partition coefficient (Wildman–Crippen LogP) is 0.662. The summed E-state index contributed by atoms with van der Waals surface area (Å²) in [5.74, 6) is -0.532. The van der Waals surface area contributed by atoms with E-state index in [-0.39, 0.29) is 12.5 Å². The highest BCUT2D eigenvalue weighted by atomic mass is 16.2. The summed E-state index contributed by atoms with van der Waals surface area (Å²) in [6.07, 6.45) is 0. The molecule has 21 heavy (non-hydrogen) atoms. The van der Waals surface area contributed by atoms with E-state index in [9.17, 15) is 14.4 Å². The number of primary amides is 1. The van der Waals surface area contributed by atoms with Crippen molar-refractivity contribution in [2.24, 2.45) is 5.73 Å². The number of nitrogens with one attached hydrogen (secondary N) is 2. The minimum Gasteiger partial charge on any atom is -0.376 e. The van der Waals surface area contributed by atoms with Gasteiger partial charge in [-0.3, -0.25) is 14.9 Å². The number of anilines is 1. The maximum atomic E-state index is 11.5. The molecule has 0 fully saturated rings. The lowest BCUT2D eigenvalue weighted by Crippen LogP contribution is -2.38. The topological polar surface area (TPSA) is 105 Å². The first-order valence-electron chi connectivity index (χ1n) is 6.60. The van der Waals surface area contributed by atoms with Crippen LogP contribution < -0.4 is 16.4 Å². The molecular formula is C14H20N4O3. The minimum atomic E-state index is -0.885. The SMILES string of the molecule is CCN(Cc1ccccc1NCC(=O)NC(N)=O)C(C)=O. The third kappa shape index (κ3) is 5.52. The highest BCUT2D eigenvalue weighted by Gasteiger charge is 2.11. The fourth-order valence-corrected chi connectivity index (χ4v) is 1.84. The van der Waals surface area contributed by atoms with Crippen LogP contribution in [-0.2, 0) is 16.1 Å². The Labute approximate surface area is 123 Å². The van der Waals surface area contributed by atoms with Crippen LogP contribution in [0.5, 0.6) is 0 Å². The molecule has 0 bridgehead atoms. The minimum absolute atomic E-state index is 0.0150. The average molecular weight is 292 g/mol. The van der Waals surface area contributed by atoms with Crippen LogP contribution in [0.25, 0.3) is 0 Å². The zero-order valence-electron chi connectivity index (χ0n) is 12.2. The second-order valence-electron chi connectivity index (χ2n) is 4.46. The van der Waals surface area contributed by atoms with E-state index in [1.165, 1.54) is 6.92 Å². The Morgan fingerprint density at radius 3 is 2.48 bits per heavy atom. The number of carbonyl (C=O) groups is 3. The number of nitrogens with two attached hydrogens (primary N) is 1. The summed E-state index contributed by atoms with van der Waals surface area (Å²) in [6.45, 7) is 4.39. The number of nitrogens with zero attached hydrogens (tertiary/aromatic N) is 1. The van der Waals surface area contributed by atoms with Gasteiger partial charge in [0.15, 0.2) is 0 Å². The summed E-state index contributed by atoms with van der Waals surface area (Å²) < 4.78 is 0. The van der Waals surface area contributed by atoms with Gasteiger partial charge in [-0.1, -0.05) is 18.2 Å². The molecule has 4 N–H and O–H groups in total. The van der Waals surface area contributed by atoms with Crippen LogP contribution >= 0.6 is 0 Å². The van der Waals surface area contributed by atoms with Crippen molar-refractivity contribution >= 4 is 23.5 Å². The molecule has 0 atom stereocenters. The summed E-state index contributed by atoms with van der Waals surface area (Å²) in [7, 11) is 0. The van der Waals surface area contributed by atoms with Crippen LogP contribution in [-0.4, -0.2) is 35.8 Å². The van der Waals surface area contributed by atoms with E-state index in [4.69, 9.17) is 5.73 Å². The van der Waals surface area contributed by atoms with E-state index in [1.54, 1.807) is 11.0 Å². The van der Waals surface area contributed by atoms with E-state index in [2.05, 4.69) is 5.32 Å². The number of para-hydroxylation sites is 1. The Kier molecular flexibility index (Phi) is 6.19. The molecule has 4 amide bonds. The third-order valence-corrected chi connectivity index (χ3v) is 2.91. The molecule has 0 aliphatic heterocycles. The second-order valence-corrected chi connectivity index (χ2v) is 4.46. The molecule has 0 spiro atoms. The van der Waals surface area contributed by atoms with E-state index in [0.29, 0.717) is 13.1 Å². The Morgan fingerprint density at radius 2 is 1.90 bits per heavy atom. The molecule has 0 saturated carbocycles. The Bertz CT molecular complexity index is 531. The van der Waals surface area contributed by atoms with Gasteiger partial charge >= 0.3 is 6.03 Å². The molecule has 7 nitrogen and oxygen atoms in total. The number of amides is 4. The van der Waals surface area contributed by atoms with Gasteiger partial charge in [0.05, 0.1) is 6.54 Å². The van der Waals surface area contributed by atoms with Crippen molar-refractivity contribution in [3.8, 4) is 0 Å². The van der Waals surface area contributed by atoms with Gasteiger partial charge in [-0.25, -0.2) is 4.79 Å². The van der Waals surface area contributed by atoms with Crippen molar-refractivity contribution in [3.63, 3.8) is 0 Å². The van der Waals surface area contributed by atoms with Crippen molar-refractivity contribution in [2.75, 3.05) is 18.4 Å². The molecule has 0 saturated heterocycles. The molecule has 0 radical (unpaired) electrons. The Morgan fingerprint density at radius 1 is 1.24 bits per heavy atom. The van der Waals surface area contributed by atoms with Crippen LogP contribution in [0.4, 0.5) is 10.5 Å². The number of urea groups is 1. The fraction of sp³-hybridized carbons (Fsp3) is 0.357. The molecule has 1 aromatic carbocycles. The molecule has 1 aromatic rings. The normalized spacial score (nSPS) is 9.81. The quantitative estimate of drug-likeness (QED) is 0.716. The van der Waals surface area contributed by atoms with Crippen LogP contribution in [0.3, 0.4) is 0 Å². The van der Waals surface area contributed by atoms with Gasteiger partial charge in [-0.15, -0.1) is 0 Å². The van der Waals surface area contributed by atoms with Crippen molar-refractivity contribution in [3.05, 3.63) is 29.8 Å².